The maximum absolute atomic E-state index is 5.80. The van der Waals surface area contributed by atoms with Gasteiger partial charge in [-0.3, -0.25) is 0 Å². The van der Waals surface area contributed by atoms with Gasteiger partial charge in [0, 0.05) is 24.6 Å². The van der Waals surface area contributed by atoms with Crippen LogP contribution in [0.15, 0.2) is 12.3 Å². The molecule has 0 aliphatic carbocycles. The average molecular weight is 198 g/mol. The highest BCUT2D eigenvalue weighted by Gasteiger charge is 1.97. The van der Waals surface area contributed by atoms with Gasteiger partial charge in [-0.15, -0.1) is 0 Å². The molecule has 1 rings (SSSR count). The molecule has 0 saturated heterocycles. The van der Waals surface area contributed by atoms with Crippen LogP contribution in [-0.2, 0) is 0 Å². The lowest BCUT2D eigenvalue weighted by Gasteiger charge is -1.97. The van der Waals surface area contributed by atoms with Gasteiger partial charge in [0.15, 0.2) is 0 Å². The minimum absolute atomic E-state index is 0.596. The molecule has 0 saturated carbocycles. The third-order valence-electron chi connectivity index (χ3n) is 1.71. The van der Waals surface area contributed by atoms with Gasteiger partial charge in [-0.2, -0.15) is 0 Å². The van der Waals surface area contributed by atoms with E-state index in [1.807, 2.05) is 19.9 Å². The smallest absolute Gasteiger partial charge is 0.136 e. The van der Waals surface area contributed by atoms with Gasteiger partial charge in [0.25, 0.3) is 0 Å². The summed E-state index contributed by atoms with van der Waals surface area (Å²) in [4.78, 5) is 4.17. The normalized spacial score (nSPS) is 8.40. The minimum atomic E-state index is 0.596. The average Bonchev–Trinajstić information content (AvgIpc) is 2.25. The molecule has 0 unspecified atom stereocenters. The third-order valence-corrected chi connectivity index (χ3v) is 1.71. The fraction of sp³-hybridized carbons (Fsp3) is 0.308. The Kier molecular flexibility index (Phi) is 4.26. The number of aromatic nitrogens is 1. The number of rotatable bonds is 0. The van der Waals surface area contributed by atoms with Gasteiger partial charge in [-0.05, 0) is 12.0 Å². The summed E-state index contributed by atoms with van der Waals surface area (Å²) in [6.45, 7) is 4.00. The van der Waals surface area contributed by atoms with E-state index < -0.39 is 0 Å². The van der Waals surface area contributed by atoms with Crippen molar-refractivity contribution in [2.24, 2.45) is 0 Å². The van der Waals surface area contributed by atoms with Crippen molar-refractivity contribution in [1.29, 1.82) is 0 Å². The van der Waals surface area contributed by atoms with Crippen LogP contribution in [0.25, 0.3) is 0 Å². The van der Waals surface area contributed by atoms with E-state index >= 15 is 0 Å². The zero-order chi connectivity index (χ0) is 11.1. The molecule has 0 fully saturated rings. The second kappa shape index (κ2) is 5.73. The molecule has 76 valence electrons. The summed E-state index contributed by atoms with van der Waals surface area (Å²) in [7, 11) is 0. The minimum Gasteiger partial charge on any atom is -0.396 e. The predicted octanol–water partition coefficient (Wildman–Crippen LogP) is 2.19. The summed E-state index contributed by atoms with van der Waals surface area (Å²) in [5, 5.41) is 0. The lowest BCUT2D eigenvalue weighted by Crippen LogP contribution is -1.94. The van der Waals surface area contributed by atoms with Crippen molar-refractivity contribution >= 4 is 5.69 Å². The summed E-state index contributed by atoms with van der Waals surface area (Å²) < 4.78 is 0. The fourth-order valence-electron chi connectivity index (χ4n) is 1.02. The predicted molar refractivity (Wildman–Crippen MR) is 63.0 cm³/mol. The van der Waals surface area contributed by atoms with E-state index in [2.05, 4.69) is 28.7 Å². The summed E-state index contributed by atoms with van der Waals surface area (Å²) in [5.41, 5.74) is 7.88. The number of anilines is 1. The number of pyridine rings is 1. The second-order valence-electron chi connectivity index (χ2n) is 2.97. The van der Waals surface area contributed by atoms with Crippen LogP contribution >= 0.6 is 0 Å². The van der Waals surface area contributed by atoms with E-state index in [0.717, 1.165) is 18.4 Å². The van der Waals surface area contributed by atoms with Crippen molar-refractivity contribution in [1.82, 2.24) is 4.98 Å². The van der Waals surface area contributed by atoms with Crippen LogP contribution in [0.5, 0.6) is 0 Å². The first-order valence-electron chi connectivity index (χ1n) is 5.01. The first-order chi connectivity index (χ1) is 7.27. The first kappa shape index (κ1) is 11.1. The standard InChI is InChI=1S/C13H14N2/c1-3-5-7-11-9-12(14)13(15-10-11)8-6-4-2/h9-10H,3-4,14H2,1-2H3. The molecular weight excluding hydrogens is 184 g/mol. The lowest BCUT2D eigenvalue weighted by atomic mass is 10.2. The van der Waals surface area contributed by atoms with Crippen LogP contribution in [-0.4, -0.2) is 4.98 Å². The molecule has 0 aliphatic rings. The van der Waals surface area contributed by atoms with Gasteiger partial charge in [0.2, 0.25) is 0 Å². The number of nitrogen functional groups attached to an aromatic ring is 1. The summed E-state index contributed by atoms with van der Waals surface area (Å²) in [5.74, 6) is 11.8. The van der Waals surface area contributed by atoms with E-state index in [0.29, 0.717) is 11.4 Å². The highest BCUT2D eigenvalue weighted by molar-refractivity contribution is 5.55. The van der Waals surface area contributed by atoms with Crippen LogP contribution in [0.4, 0.5) is 5.69 Å². The molecule has 0 atom stereocenters. The molecule has 0 spiro atoms. The largest absolute Gasteiger partial charge is 0.396 e. The Balaban J connectivity index is 2.98. The molecule has 1 aromatic rings. The Hall–Kier alpha value is -1.93. The molecule has 0 radical (unpaired) electrons. The lowest BCUT2D eigenvalue weighted by molar-refractivity contribution is 1.25. The highest BCUT2D eigenvalue weighted by Crippen LogP contribution is 2.09. The Morgan fingerprint density at radius 3 is 2.47 bits per heavy atom. The first-order valence-corrected chi connectivity index (χ1v) is 5.01. The molecule has 2 nitrogen and oxygen atoms in total. The van der Waals surface area contributed by atoms with Gasteiger partial charge < -0.3 is 5.73 Å². The van der Waals surface area contributed by atoms with Crippen LogP contribution in [0.1, 0.15) is 37.9 Å². The highest BCUT2D eigenvalue weighted by atomic mass is 14.7. The second-order valence-corrected chi connectivity index (χ2v) is 2.97. The van der Waals surface area contributed by atoms with Crippen molar-refractivity contribution < 1.29 is 0 Å². The molecule has 2 N–H and O–H groups in total. The van der Waals surface area contributed by atoms with E-state index in [4.69, 9.17) is 5.73 Å². The van der Waals surface area contributed by atoms with Crippen LogP contribution in [0, 0.1) is 23.7 Å². The molecule has 1 heterocycles. The molecule has 0 amide bonds. The van der Waals surface area contributed by atoms with Crippen molar-refractivity contribution in [3.8, 4) is 23.7 Å². The van der Waals surface area contributed by atoms with Crippen molar-refractivity contribution in [2.75, 3.05) is 5.73 Å². The Morgan fingerprint density at radius 1 is 1.20 bits per heavy atom. The van der Waals surface area contributed by atoms with Gasteiger partial charge in [-0.1, -0.05) is 31.6 Å². The molecule has 2 heteroatoms. The molecule has 15 heavy (non-hydrogen) atoms. The fourth-order valence-corrected chi connectivity index (χ4v) is 1.02. The SMILES string of the molecule is CCC#Cc1cnc(C#CCC)c(N)c1. The maximum atomic E-state index is 5.80. The topological polar surface area (TPSA) is 38.9 Å². The maximum Gasteiger partial charge on any atom is 0.136 e. The summed E-state index contributed by atoms with van der Waals surface area (Å²) in [6, 6.07) is 1.81. The van der Waals surface area contributed by atoms with Crippen molar-refractivity contribution in [2.45, 2.75) is 26.7 Å². The molecule has 0 bridgehead atoms. The van der Waals surface area contributed by atoms with E-state index in [1.165, 1.54) is 0 Å². The van der Waals surface area contributed by atoms with E-state index in [-0.39, 0.29) is 0 Å². The van der Waals surface area contributed by atoms with E-state index in [9.17, 15) is 0 Å². The van der Waals surface area contributed by atoms with Gasteiger partial charge in [0.05, 0.1) is 5.69 Å². The third kappa shape index (κ3) is 3.37. The Morgan fingerprint density at radius 2 is 1.87 bits per heavy atom. The number of nitrogens with zero attached hydrogens (tertiary/aromatic N) is 1. The van der Waals surface area contributed by atoms with Crippen LogP contribution < -0.4 is 5.73 Å². The Bertz CT molecular complexity index is 453. The summed E-state index contributed by atoms with van der Waals surface area (Å²) >= 11 is 0. The summed E-state index contributed by atoms with van der Waals surface area (Å²) in [6.07, 6.45) is 3.34. The number of nitrogens with two attached hydrogens (primary N) is 1. The van der Waals surface area contributed by atoms with Crippen LogP contribution in [0.2, 0.25) is 0 Å². The number of hydrogen-bond acceptors (Lipinski definition) is 2. The van der Waals surface area contributed by atoms with Crippen molar-refractivity contribution in [3.05, 3.63) is 23.5 Å². The quantitative estimate of drug-likeness (QED) is 0.649. The Labute approximate surface area is 90.9 Å². The van der Waals surface area contributed by atoms with Gasteiger partial charge in [-0.25, -0.2) is 4.98 Å². The molecular formula is C13H14N2. The zero-order valence-corrected chi connectivity index (χ0v) is 9.09. The zero-order valence-electron chi connectivity index (χ0n) is 9.09. The van der Waals surface area contributed by atoms with E-state index in [1.54, 1.807) is 6.20 Å². The molecule has 0 aromatic carbocycles. The van der Waals surface area contributed by atoms with Crippen molar-refractivity contribution in [3.63, 3.8) is 0 Å². The van der Waals surface area contributed by atoms with Crippen LogP contribution in [0.3, 0.4) is 0 Å². The molecule has 1 aromatic heterocycles. The number of hydrogen-bond donors (Lipinski definition) is 1. The van der Waals surface area contributed by atoms with Gasteiger partial charge in [0.1, 0.15) is 5.69 Å². The molecule has 0 aliphatic heterocycles. The van der Waals surface area contributed by atoms with Gasteiger partial charge >= 0.3 is 0 Å². The monoisotopic (exact) mass is 198 g/mol.